The van der Waals surface area contributed by atoms with Crippen LogP contribution < -0.4 is 5.73 Å². The van der Waals surface area contributed by atoms with E-state index in [1.54, 1.807) is 12.2 Å². The van der Waals surface area contributed by atoms with Gasteiger partial charge in [-0.05, 0) is 12.2 Å². The molecule has 3 heteroatoms. The fraction of sp³-hybridized carbons (Fsp3) is 0.455. The number of nitrogens with zero attached hydrogens (tertiary/aromatic N) is 1. The van der Waals surface area contributed by atoms with Crippen molar-refractivity contribution < 1.29 is 4.74 Å². The molecule has 3 nitrogen and oxygen atoms in total. The van der Waals surface area contributed by atoms with Gasteiger partial charge in [-0.3, -0.25) is 0 Å². The van der Waals surface area contributed by atoms with E-state index in [2.05, 4.69) is 13.2 Å². The molecule has 1 aliphatic heterocycles. The first kappa shape index (κ1) is 12.8. The highest BCUT2D eigenvalue weighted by molar-refractivity contribution is 5.27. The summed E-state index contributed by atoms with van der Waals surface area (Å²) >= 11 is 0. The van der Waals surface area contributed by atoms with Crippen LogP contribution in [0.2, 0.25) is 0 Å². The number of allylic oxidation sites excluding steroid dienone is 2. The van der Waals surface area contributed by atoms with E-state index in [0.717, 1.165) is 18.0 Å². The Labute approximate surface area is 86.5 Å². The zero-order valence-corrected chi connectivity index (χ0v) is 9.12. The first-order valence-corrected chi connectivity index (χ1v) is 4.90. The van der Waals surface area contributed by atoms with Crippen molar-refractivity contribution in [1.82, 2.24) is 4.90 Å². The Balaban J connectivity index is 0.000000791. The molecule has 1 rings (SSSR count). The third kappa shape index (κ3) is 2.92. The minimum absolute atomic E-state index is 0.488. The van der Waals surface area contributed by atoms with E-state index in [1.165, 1.54) is 0 Å². The van der Waals surface area contributed by atoms with Crippen LogP contribution in [0.1, 0.15) is 13.8 Å². The lowest BCUT2D eigenvalue weighted by molar-refractivity contribution is 0.145. The number of nitrogens with two attached hydrogens (primary N) is 1. The van der Waals surface area contributed by atoms with Gasteiger partial charge in [-0.1, -0.05) is 27.0 Å². The summed E-state index contributed by atoms with van der Waals surface area (Å²) in [6, 6.07) is 0. The van der Waals surface area contributed by atoms with Gasteiger partial charge in [0.25, 0.3) is 0 Å². The Morgan fingerprint density at radius 2 is 2.07 bits per heavy atom. The van der Waals surface area contributed by atoms with E-state index in [-0.39, 0.29) is 0 Å². The SMILES string of the molecule is C=CC1=C(C=C)N(CN)CCO1.CC. The number of hydrogen-bond acceptors (Lipinski definition) is 3. The van der Waals surface area contributed by atoms with Crippen LogP contribution in [0.25, 0.3) is 0 Å². The van der Waals surface area contributed by atoms with Gasteiger partial charge in [-0.25, -0.2) is 0 Å². The van der Waals surface area contributed by atoms with Crippen LogP contribution in [0.15, 0.2) is 36.8 Å². The van der Waals surface area contributed by atoms with E-state index in [4.69, 9.17) is 10.5 Å². The van der Waals surface area contributed by atoms with Crippen LogP contribution in [0.4, 0.5) is 0 Å². The van der Waals surface area contributed by atoms with Gasteiger partial charge in [0.2, 0.25) is 0 Å². The molecular weight excluding hydrogens is 176 g/mol. The first-order chi connectivity index (χ1) is 6.83. The fourth-order valence-electron chi connectivity index (χ4n) is 1.20. The predicted molar refractivity (Wildman–Crippen MR) is 60.5 cm³/mol. The summed E-state index contributed by atoms with van der Waals surface area (Å²) in [6.07, 6.45) is 3.42. The lowest BCUT2D eigenvalue weighted by Gasteiger charge is -2.29. The van der Waals surface area contributed by atoms with Crippen LogP contribution in [0, 0.1) is 0 Å². The third-order valence-corrected chi connectivity index (χ3v) is 1.81. The molecule has 1 aliphatic rings. The molecule has 0 unspecified atom stereocenters. The van der Waals surface area contributed by atoms with Gasteiger partial charge in [0.1, 0.15) is 12.4 Å². The van der Waals surface area contributed by atoms with Crippen molar-refractivity contribution in [3.63, 3.8) is 0 Å². The quantitative estimate of drug-likeness (QED) is 0.748. The lowest BCUT2D eigenvalue weighted by atomic mass is 10.2. The maximum Gasteiger partial charge on any atom is 0.142 e. The summed E-state index contributed by atoms with van der Waals surface area (Å²) < 4.78 is 5.36. The van der Waals surface area contributed by atoms with Crippen LogP contribution in [-0.2, 0) is 4.74 Å². The predicted octanol–water partition coefficient (Wildman–Crippen LogP) is 1.84. The van der Waals surface area contributed by atoms with Crippen molar-refractivity contribution in [1.29, 1.82) is 0 Å². The van der Waals surface area contributed by atoms with Crippen molar-refractivity contribution in [3.8, 4) is 0 Å². The van der Waals surface area contributed by atoms with Crippen molar-refractivity contribution in [2.75, 3.05) is 19.8 Å². The average Bonchev–Trinajstić information content (AvgIpc) is 2.30. The highest BCUT2D eigenvalue weighted by Crippen LogP contribution is 2.17. The van der Waals surface area contributed by atoms with Gasteiger partial charge in [-0.15, -0.1) is 0 Å². The van der Waals surface area contributed by atoms with Gasteiger partial charge in [0.15, 0.2) is 0 Å². The second-order valence-corrected chi connectivity index (χ2v) is 2.45. The van der Waals surface area contributed by atoms with Gasteiger partial charge < -0.3 is 15.4 Å². The van der Waals surface area contributed by atoms with E-state index in [1.807, 2.05) is 18.7 Å². The molecule has 0 spiro atoms. The molecule has 0 aromatic rings. The second kappa shape index (κ2) is 7.21. The van der Waals surface area contributed by atoms with Gasteiger partial charge in [0, 0.05) is 0 Å². The van der Waals surface area contributed by atoms with E-state index < -0.39 is 0 Å². The summed E-state index contributed by atoms with van der Waals surface area (Å²) in [6.45, 7) is 13.3. The van der Waals surface area contributed by atoms with Crippen molar-refractivity contribution >= 4 is 0 Å². The number of rotatable bonds is 3. The minimum atomic E-state index is 0.488. The highest BCUT2D eigenvalue weighted by atomic mass is 16.5. The normalized spacial score (nSPS) is 15.2. The van der Waals surface area contributed by atoms with Crippen LogP contribution in [0.3, 0.4) is 0 Å². The highest BCUT2D eigenvalue weighted by Gasteiger charge is 2.15. The van der Waals surface area contributed by atoms with Gasteiger partial charge >= 0.3 is 0 Å². The molecule has 0 atom stereocenters. The van der Waals surface area contributed by atoms with Crippen molar-refractivity contribution in [2.45, 2.75) is 13.8 Å². The Morgan fingerprint density at radius 1 is 1.43 bits per heavy atom. The van der Waals surface area contributed by atoms with E-state index >= 15 is 0 Å². The number of ether oxygens (including phenoxy) is 1. The Kier molecular flexibility index (Phi) is 6.58. The molecule has 14 heavy (non-hydrogen) atoms. The monoisotopic (exact) mass is 196 g/mol. The largest absolute Gasteiger partial charge is 0.490 e. The van der Waals surface area contributed by atoms with Crippen LogP contribution in [0.5, 0.6) is 0 Å². The van der Waals surface area contributed by atoms with Crippen molar-refractivity contribution in [2.24, 2.45) is 5.73 Å². The van der Waals surface area contributed by atoms with Crippen molar-refractivity contribution in [3.05, 3.63) is 36.8 Å². The van der Waals surface area contributed by atoms with Crippen LogP contribution in [-0.4, -0.2) is 24.7 Å². The zero-order valence-electron chi connectivity index (χ0n) is 9.12. The molecule has 0 aromatic heterocycles. The fourth-order valence-corrected chi connectivity index (χ4v) is 1.20. The molecule has 1 heterocycles. The molecular formula is C11H20N2O. The summed E-state index contributed by atoms with van der Waals surface area (Å²) in [5.41, 5.74) is 6.47. The van der Waals surface area contributed by atoms with Gasteiger partial charge in [0.05, 0.1) is 18.9 Å². The molecule has 80 valence electrons. The molecule has 0 aromatic carbocycles. The molecule has 0 bridgehead atoms. The number of hydrogen-bond donors (Lipinski definition) is 1. The van der Waals surface area contributed by atoms with Crippen LogP contribution >= 0.6 is 0 Å². The minimum Gasteiger partial charge on any atom is -0.490 e. The smallest absolute Gasteiger partial charge is 0.142 e. The first-order valence-electron chi connectivity index (χ1n) is 4.90. The molecule has 2 N–H and O–H groups in total. The molecule has 0 radical (unpaired) electrons. The topological polar surface area (TPSA) is 38.5 Å². The van der Waals surface area contributed by atoms with E-state index in [0.29, 0.717) is 13.3 Å². The molecule has 0 fully saturated rings. The second-order valence-electron chi connectivity index (χ2n) is 2.45. The molecule has 0 saturated heterocycles. The lowest BCUT2D eigenvalue weighted by Crippen LogP contribution is -2.35. The third-order valence-electron chi connectivity index (χ3n) is 1.81. The Bertz CT molecular complexity index is 221. The molecule has 0 saturated carbocycles. The maximum absolute atomic E-state index is 5.54. The Morgan fingerprint density at radius 3 is 2.50 bits per heavy atom. The zero-order chi connectivity index (χ0) is 11.0. The Hall–Kier alpha value is -1.22. The summed E-state index contributed by atoms with van der Waals surface area (Å²) in [5, 5.41) is 0. The van der Waals surface area contributed by atoms with Gasteiger partial charge in [-0.2, -0.15) is 0 Å². The average molecular weight is 196 g/mol. The van der Waals surface area contributed by atoms with E-state index in [9.17, 15) is 0 Å². The summed E-state index contributed by atoms with van der Waals surface area (Å²) in [5.74, 6) is 0.765. The standard InChI is InChI=1S/C9H14N2O.C2H6/c1-3-8-9(4-2)12-6-5-11(8)7-10;1-2/h3-4H,1-2,5-7,10H2;1-2H3. The summed E-state index contributed by atoms with van der Waals surface area (Å²) in [4.78, 5) is 2.01. The molecule has 0 aliphatic carbocycles. The summed E-state index contributed by atoms with van der Waals surface area (Å²) in [7, 11) is 0. The molecule has 0 amide bonds. The maximum atomic E-state index is 5.54.